The van der Waals surface area contributed by atoms with Crippen LogP contribution in [0.15, 0.2) is 0 Å². The second-order valence-corrected chi connectivity index (χ2v) is 3.91. The largest absolute Gasteiger partial charge is 0.481 e. The maximum Gasteiger partial charge on any atom is 0.320 e. The van der Waals surface area contributed by atoms with Crippen molar-refractivity contribution in [3.63, 3.8) is 0 Å². The molecule has 0 saturated heterocycles. The van der Waals surface area contributed by atoms with Gasteiger partial charge in [-0.15, -0.1) is 0 Å². The molecule has 10 nitrogen and oxygen atoms in total. The molecule has 124 valence electrons. The molecule has 0 heterocycles. The number of rotatable bonds is 10. The van der Waals surface area contributed by atoms with E-state index < -0.39 is 49.0 Å². The van der Waals surface area contributed by atoms with Crippen LogP contribution in [-0.2, 0) is 38.2 Å². The second-order valence-electron chi connectivity index (χ2n) is 3.91. The maximum atomic E-state index is 11.2. The van der Waals surface area contributed by atoms with Gasteiger partial charge in [-0.05, 0) is 0 Å². The molecule has 0 aliphatic carbocycles. The van der Waals surface area contributed by atoms with E-state index in [0.717, 1.165) is 0 Å². The molecular formula is C12H16O10. The predicted molar refractivity (Wildman–Crippen MR) is 66.3 cm³/mol. The Bertz CT molecular complexity index is 441. The minimum atomic E-state index is -1.42. The fourth-order valence-electron chi connectivity index (χ4n) is 1.13. The first-order valence-corrected chi connectivity index (χ1v) is 6.22. The summed E-state index contributed by atoms with van der Waals surface area (Å²) in [5.41, 5.74) is 0. The van der Waals surface area contributed by atoms with Crippen molar-refractivity contribution in [2.45, 2.75) is 38.9 Å². The number of esters is 3. The summed E-state index contributed by atoms with van der Waals surface area (Å²) in [5, 5.41) is 16.8. The van der Waals surface area contributed by atoms with Gasteiger partial charge in [-0.1, -0.05) is 6.92 Å². The average molecular weight is 320 g/mol. The molecule has 0 aliphatic heterocycles. The van der Waals surface area contributed by atoms with Crippen LogP contribution in [0.4, 0.5) is 0 Å². The molecule has 1 unspecified atom stereocenters. The van der Waals surface area contributed by atoms with E-state index in [9.17, 15) is 24.0 Å². The smallest absolute Gasteiger partial charge is 0.320 e. The molecule has 0 saturated carbocycles. The quantitative estimate of drug-likeness (QED) is 0.311. The van der Waals surface area contributed by atoms with Crippen molar-refractivity contribution in [1.29, 1.82) is 0 Å². The van der Waals surface area contributed by atoms with Gasteiger partial charge >= 0.3 is 29.8 Å². The van der Waals surface area contributed by atoms with Crippen molar-refractivity contribution in [2.24, 2.45) is 0 Å². The third-order valence-electron chi connectivity index (χ3n) is 2.02. The van der Waals surface area contributed by atoms with Crippen LogP contribution in [0.3, 0.4) is 0 Å². The van der Waals surface area contributed by atoms with E-state index in [0.29, 0.717) is 0 Å². The van der Waals surface area contributed by atoms with Gasteiger partial charge in [-0.3, -0.25) is 24.0 Å². The summed E-state index contributed by atoms with van der Waals surface area (Å²) in [4.78, 5) is 53.9. The molecule has 22 heavy (non-hydrogen) atoms. The van der Waals surface area contributed by atoms with Crippen molar-refractivity contribution in [1.82, 2.24) is 0 Å². The first-order valence-electron chi connectivity index (χ1n) is 6.22. The van der Waals surface area contributed by atoms with Crippen molar-refractivity contribution < 1.29 is 48.4 Å². The van der Waals surface area contributed by atoms with Crippen LogP contribution in [-0.4, -0.2) is 53.0 Å². The van der Waals surface area contributed by atoms with E-state index in [2.05, 4.69) is 9.47 Å². The first kappa shape index (κ1) is 19.4. The fraction of sp³-hybridized carbons (Fsp3) is 0.583. The topological polar surface area (TPSA) is 154 Å². The minimum Gasteiger partial charge on any atom is -0.481 e. The molecule has 1 atom stereocenters. The van der Waals surface area contributed by atoms with Gasteiger partial charge in [0.15, 0.2) is 0 Å². The molecule has 0 aromatic carbocycles. The maximum absolute atomic E-state index is 11.2. The molecule has 0 aliphatic rings. The number of hydrogen-bond donors (Lipinski definition) is 2. The Kier molecular flexibility index (Phi) is 8.91. The van der Waals surface area contributed by atoms with Crippen molar-refractivity contribution in [3.8, 4) is 0 Å². The highest BCUT2D eigenvalue weighted by Crippen LogP contribution is 2.06. The molecule has 0 radical (unpaired) electrons. The lowest BCUT2D eigenvalue weighted by Crippen LogP contribution is -2.27. The van der Waals surface area contributed by atoms with Crippen molar-refractivity contribution >= 4 is 29.8 Å². The monoisotopic (exact) mass is 320 g/mol. The number of ether oxygens (including phenoxy) is 3. The molecule has 10 heteroatoms. The van der Waals surface area contributed by atoms with Gasteiger partial charge < -0.3 is 24.4 Å². The summed E-state index contributed by atoms with van der Waals surface area (Å²) in [6, 6.07) is 0. The standard InChI is InChI=1S/C12H16O10/c1-2-9(17)21-12(22-11(19)6-8(15)16)3-4-20-10(18)5-7(13)14/h12H,2-6H2,1H3,(H,13,14)(H,15,16). The lowest BCUT2D eigenvalue weighted by atomic mass is 10.4. The van der Waals surface area contributed by atoms with Gasteiger partial charge in [-0.2, -0.15) is 0 Å². The van der Waals surface area contributed by atoms with Gasteiger partial charge in [-0.25, -0.2) is 0 Å². The Balaban J connectivity index is 4.37. The summed E-state index contributed by atoms with van der Waals surface area (Å²) in [5.74, 6) is -5.63. The SMILES string of the molecule is CCC(=O)OC(CCOC(=O)CC(=O)O)OC(=O)CC(=O)O. The van der Waals surface area contributed by atoms with Crippen molar-refractivity contribution in [3.05, 3.63) is 0 Å². The molecule has 0 bridgehead atoms. The van der Waals surface area contributed by atoms with Crippen LogP contribution >= 0.6 is 0 Å². The molecule has 0 fully saturated rings. The van der Waals surface area contributed by atoms with Crippen LogP contribution < -0.4 is 0 Å². The Morgan fingerprint density at radius 3 is 1.86 bits per heavy atom. The average Bonchev–Trinajstić information content (AvgIpc) is 2.36. The number of aliphatic carboxylic acids is 2. The molecule has 0 rings (SSSR count). The zero-order chi connectivity index (χ0) is 17.1. The van der Waals surface area contributed by atoms with E-state index in [1.165, 1.54) is 6.92 Å². The van der Waals surface area contributed by atoms with Crippen LogP contribution in [0.1, 0.15) is 32.6 Å². The van der Waals surface area contributed by atoms with Crippen molar-refractivity contribution in [2.75, 3.05) is 6.61 Å². The lowest BCUT2D eigenvalue weighted by molar-refractivity contribution is -0.191. The van der Waals surface area contributed by atoms with Crippen LogP contribution in [0.2, 0.25) is 0 Å². The zero-order valence-corrected chi connectivity index (χ0v) is 11.8. The number of hydrogen-bond acceptors (Lipinski definition) is 8. The molecule has 0 spiro atoms. The third-order valence-corrected chi connectivity index (χ3v) is 2.02. The number of carbonyl (C=O) groups is 5. The highest BCUT2D eigenvalue weighted by molar-refractivity contribution is 5.90. The lowest BCUT2D eigenvalue weighted by Gasteiger charge is -2.17. The molecule has 2 N–H and O–H groups in total. The van der Waals surface area contributed by atoms with Crippen LogP contribution in [0.25, 0.3) is 0 Å². The summed E-state index contributed by atoms with van der Waals surface area (Å²) in [7, 11) is 0. The van der Waals surface area contributed by atoms with Gasteiger partial charge in [0.2, 0.25) is 0 Å². The molecule has 0 amide bonds. The van der Waals surface area contributed by atoms with E-state index in [1.807, 2.05) is 0 Å². The van der Waals surface area contributed by atoms with E-state index in [4.69, 9.17) is 14.9 Å². The highest BCUT2D eigenvalue weighted by Gasteiger charge is 2.21. The van der Waals surface area contributed by atoms with Crippen LogP contribution in [0.5, 0.6) is 0 Å². The molecular weight excluding hydrogens is 304 g/mol. The summed E-state index contributed by atoms with van der Waals surface area (Å²) >= 11 is 0. The van der Waals surface area contributed by atoms with E-state index >= 15 is 0 Å². The van der Waals surface area contributed by atoms with Crippen LogP contribution in [0, 0.1) is 0 Å². The Morgan fingerprint density at radius 1 is 0.864 bits per heavy atom. The molecule has 0 aromatic heterocycles. The second kappa shape index (κ2) is 10.1. The normalized spacial score (nSPS) is 11.1. The van der Waals surface area contributed by atoms with Gasteiger partial charge in [0.05, 0.1) is 13.0 Å². The van der Waals surface area contributed by atoms with E-state index in [-0.39, 0.29) is 19.4 Å². The number of carboxylic acids is 2. The summed E-state index contributed by atoms with van der Waals surface area (Å²) in [6.07, 6.45) is -3.43. The zero-order valence-electron chi connectivity index (χ0n) is 11.8. The van der Waals surface area contributed by atoms with Gasteiger partial charge in [0, 0.05) is 6.42 Å². The Hall–Kier alpha value is -2.65. The molecule has 0 aromatic rings. The highest BCUT2D eigenvalue weighted by atomic mass is 16.7. The Labute approximate surface area is 124 Å². The third kappa shape index (κ3) is 10.2. The minimum absolute atomic E-state index is 0.00815. The summed E-state index contributed by atoms with van der Waals surface area (Å²) < 4.78 is 13.9. The van der Waals surface area contributed by atoms with Gasteiger partial charge in [0.1, 0.15) is 12.8 Å². The fourth-order valence-corrected chi connectivity index (χ4v) is 1.13. The number of carboxylic acid groups (broad SMARTS) is 2. The summed E-state index contributed by atoms with van der Waals surface area (Å²) in [6.45, 7) is 1.12. The first-order chi connectivity index (χ1) is 10.2. The predicted octanol–water partition coefficient (Wildman–Crippen LogP) is -0.308. The number of carbonyl (C=O) groups excluding carboxylic acids is 3. The van der Waals surface area contributed by atoms with Gasteiger partial charge in [0.25, 0.3) is 6.29 Å². The van der Waals surface area contributed by atoms with E-state index in [1.54, 1.807) is 0 Å². The Morgan fingerprint density at radius 2 is 1.36 bits per heavy atom.